The molecule has 0 radical (unpaired) electrons. The fourth-order valence-electron chi connectivity index (χ4n) is 3.35. The number of rotatable bonds is 4. The topological polar surface area (TPSA) is 134 Å². The number of urea groups is 1. The Morgan fingerprint density at radius 2 is 2.00 bits per heavy atom. The molecule has 1 fully saturated rings. The Morgan fingerprint density at radius 1 is 1.26 bits per heavy atom. The highest BCUT2D eigenvalue weighted by Crippen LogP contribution is 2.38. The van der Waals surface area contributed by atoms with E-state index in [0.29, 0.717) is 31.0 Å². The average Bonchev–Trinajstić information content (AvgIpc) is 2.92. The zero-order valence-electron chi connectivity index (χ0n) is 17.1. The predicted octanol–water partition coefficient (Wildman–Crippen LogP) is 2.21. The van der Waals surface area contributed by atoms with Crippen molar-refractivity contribution in [3.8, 4) is 0 Å². The van der Waals surface area contributed by atoms with Crippen molar-refractivity contribution in [3.05, 3.63) is 22.7 Å². The lowest BCUT2D eigenvalue weighted by molar-refractivity contribution is -0.127. The minimum atomic E-state index is -4.02. The molecule has 10 nitrogen and oxygen atoms in total. The van der Waals surface area contributed by atoms with Gasteiger partial charge in [-0.3, -0.25) is 10.1 Å². The fraction of sp³-hybridized carbons (Fsp3) is 0.474. The van der Waals surface area contributed by atoms with Crippen LogP contribution in [0.2, 0.25) is 5.02 Å². The number of fused-ring (bicyclic) bond motifs is 3. The number of amides is 3. The predicted molar refractivity (Wildman–Crippen MR) is 114 cm³/mol. The summed E-state index contributed by atoms with van der Waals surface area (Å²) in [6.07, 6.45) is 1.90. The lowest BCUT2D eigenvalue weighted by atomic mass is 10.1. The van der Waals surface area contributed by atoms with Crippen LogP contribution in [0.1, 0.15) is 49.9 Å². The van der Waals surface area contributed by atoms with Crippen LogP contribution < -0.4 is 15.5 Å². The molecule has 1 unspecified atom stereocenters. The van der Waals surface area contributed by atoms with Crippen LogP contribution >= 0.6 is 11.6 Å². The Hall–Kier alpha value is -2.66. The molecule has 0 spiro atoms. The number of esters is 1. The number of carbonyl (C=O) groups excluding carboxylic acids is 3. The molecule has 3 rings (SSSR count). The quantitative estimate of drug-likeness (QED) is 0.644. The second-order valence-electron chi connectivity index (χ2n) is 7.14. The standard InChI is InChI=1S/C19H23ClN4O6S/c1-3-21-19(27)22-17(25)11(2)30-18(26)12-9-15-14(10-13(12)20)24-8-6-4-5-7-16(24)23-31(15,28)29/h9-11H,3-8H2,1-2H3,(H2,21,22,25,27). The van der Waals surface area contributed by atoms with Gasteiger partial charge in [-0.05, 0) is 38.8 Å². The molecular formula is C19H23ClN4O6S. The number of carbonyl (C=O) groups is 3. The van der Waals surface area contributed by atoms with Gasteiger partial charge >= 0.3 is 12.0 Å². The maximum Gasteiger partial charge on any atom is 0.340 e. The van der Waals surface area contributed by atoms with Crippen molar-refractivity contribution in [1.82, 2.24) is 10.6 Å². The van der Waals surface area contributed by atoms with Crippen molar-refractivity contribution in [2.75, 3.05) is 18.0 Å². The number of imide groups is 1. The normalized spacial score (nSPS) is 17.9. The zero-order chi connectivity index (χ0) is 22.8. The number of nitrogens with one attached hydrogen (secondary N) is 2. The number of amidine groups is 1. The second kappa shape index (κ2) is 9.23. The number of hydrogen-bond donors (Lipinski definition) is 2. The zero-order valence-corrected chi connectivity index (χ0v) is 18.7. The van der Waals surface area contributed by atoms with Crippen LogP contribution in [0.25, 0.3) is 0 Å². The maximum atomic E-state index is 12.7. The van der Waals surface area contributed by atoms with E-state index < -0.39 is 34.0 Å². The molecule has 168 valence electrons. The number of anilines is 1. The summed E-state index contributed by atoms with van der Waals surface area (Å²) in [5.74, 6) is -1.36. The van der Waals surface area contributed by atoms with E-state index in [0.717, 1.165) is 25.3 Å². The van der Waals surface area contributed by atoms with E-state index in [-0.39, 0.29) is 15.5 Å². The number of sulfonamides is 1. The van der Waals surface area contributed by atoms with Gasteiger partial charge in [-0.2, -0.15) is 8.42 Å². The van der Waals surface area contributed by atoms with Crippen LogP contribution in [0.15, 0.2) is 21.4 Å². The molecule has 2 N–H and O–H groups in total. The van der Waals surface area contributed by atoms with Gasteiger partial charge in [0.1, 0.15) is 10.7 Å². The smallest absolute Gasteiger partial charge is 0.340 e. The minimum Gasteiger partial charge on any atom is -0.449 e. The lowest BCUT2D eigenvalue weighted by Crippen LogP contribution is -2.44. The summed E-state index contributed by atoms with van der Waals surface area (Å²) >= 11 is 6.28. The number of ether oxygens (including phenoxy) is 1. The number of hydrogen-bond acceptors (Lipinski definition) is 7. The van der Waals surface area contributed by atoms with E-state index in [1.54, 1.807) is 6.92 Å². The molecule has 0 bridgehead atoms. The van der Waals surface area contributed by atoms with E-state index in [1.807, 2.05) is 10.2 Å². The molecule has 0 aliphatic carbocycles. The monoisotopic (exact) mass is 470 g/mol. The van der Waals surface area contributed by atoms with Gasteiger partial charge < -0.3 is 15.0 Å². The highest BCUT2D eigenvalue weighted by molar-refractivity contribution is 7.90. The Bertz CT molecular complexity index is 1060. The van der Waals surface area contributed by atoms with Gasteiger partial charge in [0.2, 0.25) is 0 Å². The summed E-state index contributed by atoms with van der Waals surface area (Å²) in [6, 6.07) is 1.80. The summed E-state index contributed by atoms with van der Waals surface area (Å²) < 4.78 is 34.4. The van der Waals surface area contributed by atoms with Crippen molar-refractivity contribution in [2.45, 2.75) is 50.5 Å². The van der Waals surface area contributed by atoms with Crippen LogP contribution in [0, 0.1) is 0 Å². The lowest BCUT2D eigenvalue weighted by Gasteiger charge is -2.30. The first-order valence-electron chi connectivity index (χ1n) is 9.88. The first kappa shape index (κ1) is 23.0. The molecule has 1 aromatic carbocycles. The fourth-order valence-corrected chi connectivity index (χ4v) is 4.85. The third-order valence-electron chi connectivity index (χ3n) is 4.88. The minimum absolute atomic E-state index is 0.0132. The van der Waals surface area contributed by atoms with Crippen molar-refractivity contribution < 1.29 is 27.5 Å². The van der Waals surface area contributed by atoms with Crippen LogP contribution in [-0.4, -0.2) is 51.4 Å². The van der Waals surface area contributed by atoms with Crippen LogP contribution in [0.5, 0.6) is 0 Å². The molecule has 0 aromatic heterocycles. The van der Waals surface area contributed by atoms with Crippen molar-refractivity contribution in [2.24, 2.45) is 4.40 Å². The Kier molecular flexibility index (Phi) is 6.85. The Morgan fingerprint density at radius 3 is 2.71 bits per heavy atom. The van der Waals surface area contributed by atoms with Gasteiger partial charge in [0.25, 0.3) is 15.9 Å². The summed E-state index contributed by atoms with van der Waals surface area (Å²) in [5.41, 5.74) is 0.158. The highest BCUT2D eigenvalue weighted by Gasteiger charge is 2.34. The second-order valence-corrected chi connectivity index (χ2v) is 9.12. The van der Waals surface area contributed by atoms with Crippen LogP contribution in [-0.2, 0) is 19.6 Å². The van der Waals surface area contributed by atoms with Gasteiger partial charge in [0.05, 0.1) is 16.3 Å². The van der Waals surface area contributed by atoms with E-state index >= 15 is 0 Å². The molecule has 1 aromatic rings. The third-order valence-corrected chi connectivity index (χ3v) is 6.53. The van der Waals surface area contributed by atoms with E-state index in [4.69, 9.17) is 16.3 Å². The number of nitrogens with zero attached hydrogens (tertiary/aromatic N) is 2. The third kappa shape index (κ3) is 4.99. The summed E-state index contributed by atoms with van der Waals surface area (Å²) in [5, 5.41) is 4.40. The van der Waals surface area contributed by atoms with E-state index in [1.165, 1.54) is 13.0 Å². The molecular weight excluding hydrogens is 448 g/mol. The summed E-state index contributed by atoms with van der Waals surface area (Å²) in [6.45, 7) is 3.87. The Balaban J connectivity index is 1.86. The molecule has 12 heteroatoms. The molecule has 2 aliphatic rings. The summed E-state index contributed by atoms with van der Waals surface area (Å²) in [7, 11) is -4.02. The van der Waals surface area contributed by atoms with Crippen molar-refractivity contribution in [3.63, 3.8) is 0 Å². The maximum absolute atomic E-state index is 12.7. The van der Waals surface area contributed by atoms with Crippen molar-refractivity contribution >= 4 is 51.1 Å². The SMILES string of the molecule is CCNC(=O)NC(=O)C(C)OC(=O)c1cc2c(cc1Cl)N1CCCCCC1=NS2(=O)=O. The first-order chi connectivity index (χ1) is 14.6. The molecule has 2 aliphatic heterocycles. The van der Waals surface area contributed by atoms with Crippen LogP contribution in [0.4, 0.5) is 10.5 Å². The largest absolute Gasteiger partial charge is 0.449 e. The van der Waals surface area contributed by atoms with Gasteiger partial charge in [-0.25, -0.2) is 9.59 Å². The Labute approximate surface area is 185 Å². The number of halogens is 1. The molecule has 3 amide bonds. The first-order valence-corrected chi connectivity index (χ1v) is 11.7. The summed E-state index contributed by atoms with van der Waals surface area (Å²) in [4.78, 5) is 37.7. The highest BCUT2D eigenvalue weighted by atomic mass is 35.5. The average molecular weight is 471 g/mol. The van der Waals surface area contributed by atoms with E-state index in [9.17, 15) is 22.8 Å². The number of benzene rings is 1. The van der Waals surface area contributed by atoms with E-state index in [2.05, 4.69) is 9.71 Å². The van der Waals surface area contributed by atoms with Gasteiger partial charge in [-0.1, -0.05) is 18.0 Å². The molecule has 2 heterocycles. The molecule has 1 atom stereocenters. The molecule has 31 heavy (non-hydrogen) atoms. The van der Waals surface area contributed by atoms with Crippen LogP contribution in [0.3, 0.4) is 0 Å². The molecule has 0 saturated carbocycles. The van der Waals surface area contributed by atoms with Gasteiger partial charge in [-0.15, -0.1) is 4.40 Å². The van der Waals surface area contributed by atoms with Gasteiger partial charge in [0.15, 0.2) is 6.10 Å². The van der Waals surface area contributed by atoms with Gasteiger partial charge in [0, 0.05) is 19.5 Å². The van der Waals surface area contributed by atoms with Crippen molar-refractivity contribution in [1.29, 1.82) is 0 Å². The molecule has 1 saturated heterocycles.